The van der Waals surface area contributed by atoms with Crippen LogP contribution in [0.15, 0.2) is 36.7 Å². The SMILES string of the molecule is Cc1ncc(Nc2cc(CN3CCOCC3)cc(C(C)(C)C)c2)cc1-n1cc(C(=O)NCC(C)(C)C)nn1. The molecule has 0 aliphatic carbocycles. The summed E-state index contributed by atoms with van der Waals surface area (Å²) in [7, 11) is 0. The van der Waals surface area contributed by atoms with Gasteiger partial charge in [0.05, 0.1) is 42.7 Å². The van der Waals surface area contributed by atoms with Gasteiger partial charge in [0.15, 0.2) is 5.69 Å². The topological polar surface area (TPSA) is 97.2 Å². The van der Waals surface area contributed by atoms with Crippen LogP contribution in [-0.4, -0.2) is 63.6 Å². The molecule has 1 fully saturated rings. The Bertz CT molecular complexity index is 1260. The maximum atomic E-state index is 12.6. The first kappa shape index (κ1) is 27.7. The van der Waals surface area contributed by atoms with Gasteiger partial charge in [-0.05, 0) is 47.1 Å². The molecule has 0 bridgehead atoms. The summed E-state index contributed by atoms with van der Waals surface area (Å²) in [5, 5.41) is 14.8. The molecular weight excluding hydrogens is 478 g/mol. The number of benzene rings is 1. The smallest absolute Gasteiger partial charge is 0.273 e. The quantitative estimate of drug-likeness (QED) is 0.470. The molecule has 204 valence electrons. The highest BCUT2D eigenvalue weighted by Gasteiger charge is 2.19. The van der Waals surface area contributed by atoms with Crippen molar-refractivity contribution in [3.05, 3.63) is 59.2 Å². The Hall–Kier alpha value is -3.30. The normalized spacial score (nSPS) is 14.9. The number of rotatable bonds is 7. The van der Waals surface area contributed by atoms with Gasteiger partial charge in [-0.3, -0.25) is 14.7 Å². The first-order chi connectivity index (χ1) is 17.9. The largest absolute Gasteiger partial charge is 0.379 e. The summed E-state index contributed by atoms with van der Waals surface area (Å²) in [6.45, 7) is 19.7. The lowest BCUT2D eigenvalue weighted by Gasteiger charge is -2.28. The zero-order chi connectivity index (χ0) is 27.5. The van der Waals surface area contributed by atoms with E-state index in [2.05, 4.69) is 90.6 Å². The first-order valence-corrected chi connectivity index (χ1v) is 13.3. The second-order valence-electron chi connectivity index (χ2n) is 12.3. The van der Waals surface area contributed by atoms with Crippen molar-refractivity contribution in [1.29, 1.82) is 0 Å². The van der Waals surface area contributed by atoms with E-state index in [9.17, 15) is 4.79 Å². The minimum Gasteiger partial charge on any atom is -0.379 e. The van der Waals surface area contributed by atoms with Crippen LogP contribution >= 0.6 is 0 Å². The van der Waals surface area contributed by atoms with Crippen LogP contribution in [0.2, 0.25) is 0 Å². The molecule has 1 aliphatic heterocycles. The molecule has 38 heavy (non-hydrogen) atoms. The number of anilines is 2. The molecule has 1 aromatic carbocycles. The number of hydrogen-bond donors (Lipinski definition) is 2. The number of ether oxygens (including phenoxy) is 1. The Morgan fingerprint density at radius 3 is 2.45 bits per heavy atom. The fraction of sp³-hybridized carbons (Fsp3) is 0.517. The zero-order valence-electron chi connectivity index (χ0n) is 23.8. The third kappa shape index (κ3) is 7.39. The number of amides is 1. The lowest BCUT2D eigenvalue weighted by Crippen LogP contribution is -2.35. The van der Waals surface area contributed by atoms with Crippen molar-refractivity contribution in [3.63, 3.8) is 0 Å². The van der Waals surface area contributed by atoms with Gasteiger partial charge in [-0.25, -0.2) is 4.68 Å². The lowest BCUT2D eigenvalue weighted by molar-refractivity contribution is 0.0342. The molecule has 4 rings (SSSR count). The van der Waals surface area contributed by atoms with Crippen molar-refractivity contribution in [3.8, 4) is 5.69 Å². The van der Waals surface area contributed by atoms with Crippen molar-refractivity contribution >= 4 is 17.3 Å². The Morgan fingerprint density at radius 2 is 1.76 bits per heavy atom. The molecule has 3 heterocycles. The van der Waals surface area contributed by atoms with Gasteiger partial charge < -0.3 is 15.4 Å². The molecule has 3 aromatic rings. The average Bonchev–Trinajstić information content (AvgIpc) is 3.33. The Kier molecular flexibility index (Phi) is 8.18. The summed E-state index contributed by atoms with van der Waals surface area (Å²) in [5.41, 5.74) is 6.21. The number of carbonyl (C=O) groups excluding carboxylic acids is 1. The molecule has 2 aromatic heterocycles. The molecule has 1 aliphatic rings. The predicted molar refractivity (Wildman–Crippen MR) is 150 cm³/mol. The van der Waals surface area contributed by atoms with E-state index in [0.717, 1.165) is 55.6 Å². The van der Waals surface area contributed by atoms with E-state index < -0.39 is 0 Å². The monoisotopic (exact) mass is 519 g/mol. The molecule has 9 heteroatoms. The molecule has 2 N–H and O–H groups in total. The molecule has 0 atom stereocenters. The number of aryl methyl sites for hydroxylation is 1. The number of pyridine rings is 1. The second-order valence-corrected chi connectivity index (χ2v) is 12.3. The molecule has 0 radical (unpaired) electrons. The van der Waals surface area contributed by atoms with Crippen LogP contribution in [0.5, 0.6) is 0 Å². The van der Waals surface area contributed by atoms with E-state index in [-0.39, 0.29) is 22.4 Å². The Morgan fingerprint density at radius 1 is 1.03 bits per heavy atom. The number of morpholine rings is 1. The van der Waals surface area contributed by atoms with Crippen LogP contribution in [0, 0.1) is 12.3 Å². The van der Waals surface area contributed by atoms with Crippen LogP contribution in [-0.2, 0) is 16.7 Å². The van der Waals surface area contributed by atoms with E-state index in [1.165, 1.54) is 11.1 Å². The predicted octanol–water partition coefficient (Wildman–Crippen LogP) is 4.62. The number of nitrogens with one attached hydrogen (secondary N) is 2. The van der Waals surface area contributed by atoms with E-state index >= 15 is 0 Å². The minimum atomic E-state index is -0.238. The molecular formula is C29H41N7O2. The molecule has 1 amide bonds. The van der Waals surface area contributed by atoms with Gasteiger partial charge >= 0.3 is 0 Å². The summed E-state index contributed by atoms with van der Waals surface area (Å²) in [5.74, 6) is -0.238. The second kappa shape index (κ2) is 11.2. The summed E-state index contributed by atoms with van der Waals surface area (Å²) in [4.78, 5) is 19.6. The van der Waals surface area contributed by atoms with Gasteiger partial charge in [-0.1, -0.05) is 52.8 Å². The Balaban J connectivity index is 1.56. The van der Waals surface area contributed by atoms with Crippen molar-refractivity contribution < 1.29 is 9.53 Å². The fourth-order valence-corrected chi connectivity index (χ4v) is 4.22. The fourth-order valence-electron chi connectivity index (χ4n) is 4.22. The number of hydrogen-bond acceptors (Lipinski definition) is 7. The molecule has 0 unspecified atom stereocenters. The highest BCUT2D eigenvalue weighted by molar-refractivity contribution is 5.91. The molecule has 0 saturated carbocycles. The maximum Gasteiger partial charge on any atom is 0.273 e. The molecule has 9 nitrogen and oxygen atoms in total. The highest BCUT2D eigenvalue weighted by atomic mass is 16.5. The van der Waals surface area contributed by atoms with Crippen LogP contribution in [0.1, 0.15) is 68.9 Å². The number of aromatic nitrogens is 4. The van der Waals surface area contributed by atoms with Crippen LogP contribution in [0.4, 0.5) is 11.4 Å². The summed E-state index contributed by atoms with van der Waals surface area (Å²) >= 11 is 0. The maximum absolute atomic E-state index is 12.6. The number of nitrogens with zero attached hydrogens (tertiary/aromatic N) is 5. The summed E-state index contributed by atoms with van der Waals surface area (Å²) in [6, 6.07) is 8.70. The van der Waals surface area contributed by atoms with Crippen molar-refractivity contribution in [1.82, 2.24) is 30.2 Å². The van der Waals surface area contributed by atoms with Crippen molar-refractivity contribution in [2.45, 2.75) is 60.4 Å². The first-order valence-electron chi connectivity index (χ1n) is 13.3. The third-order valence-corrected chi connectivity index (χ3v) is 6.47. The van der Waals surface area contributed by atoms with E-state index in [1.54, 1.807) is 10.9 Å². The summed E-state index contributed by atoms with van der Waals surface area (Å²) < 4.78 is 7.13. The standard InChI is InChI=1S/C29H41N7O2/c1-20-26(36-18-25(33-34-36)27(37)31-19-28(2,3)4)15-24(16-30-20)32-23-13-21(12-22(14-23)29(5,6)7)17-35-8-10-38-11-9-35/h12-16,18,32H,8-11,17,19H2,1-7H3,(H,31,37). The minimum absolute atomic E-state index is 0.0127. The molecule has 1 saturated heterocycles. The van der Waals surface area contributed by atoms with Crippen LogP contribution in [0.3, 0.4) is 0 Å². The van der Waals surface area contributed by atoms with E-state index in [1.807, 2.05) is 19.2 Å². The lowest BCUT2D eigenvalue weighted by atomic mass is 9.85. The van der Waals surface area contributed by atoms with Crippen LogP contribution < -0.4 is 10.6 Å². The van der Waals surface area contributed by atoms with Gasteiger partial charge in [0.2, 0.25) is 0 Å². The van der Waals surface area contributed by atoms with E-state index in [4.69, 9.17) is 4.74 Å². The average molecular weight is 520 g/mol. The Labute approximate surface area is 226 Å². The van der Waals surface area contributed by atoms with Gasteiger partial charge in [0.1, 0.15) is 0 Å². The zero-order valence-corrected chi connectivity index (χ0v) is 23.8. The van der Waals surface area contributed by atoms with Crippen LogP contribution in [0.25, 0.3) is 5.69 Å². The highest BCUT2D eigenvalue weighted by Crippen LogP contribution is 2.29. The van der Waals surface area contributed by atoms with Gasteiger partial charge in [-0.15, -0.1) is 5.10 Å². The van der Waals surface area contributed by atoms with Crippen molar-refractivity contribution in [2.24, 2.45) is 5.41 Å². The molecule has 0 spiro atoms. The summed E-state index contributed by atoms with van der Waals surface area (Å²) in [6.07, 6.45) is 3.46. The van der Waals surface area contributed by atoms with Gasteiger partial charge in [-0.2, -0.15) is 0 Å². The van der Waals surface area contributed by atoms with Gasteiger partial charge in [0.25, 0.3) is 5.91 Å². The number of carbonyl (C=O) groups is 1. The van der Waals surface area contributed by atoms with Crippen molar-refractivity contribution in [2.75, 3.05) is 38.2 Å². The van der Waals surface area contributed by atoms with E-state index in [0.29, 0.717) is 6.54 Å². The van der Waals surface area contributed by atoms with Gasteiger partial charge in [0, 0.05) is 31.9 Å². The third-order valence-electron chi connectivity index (χ3n) is 6.47.